The van der Waals surface area contributed by atoms with E-state index in [-0.39, 0.29) is 18.4 Å². The summed E-state index contributed by atoms with van der Waals surface area (Å²) in [7, 11) is 0. The van der Waals surface area contributed by atoms with E-state index in [0.29, 0.717) is 13.1 Å². The third-order valence-electron chi connectivity index (χ3n) is 3.09. The van der Waals surface area contributed by atoms with E-state index < -0.39 is 0 Å². The highest BCUT2D eigenvalue weighted by Gasteiger charge is 2.25. The molecule has 1 aliphatic heterocycles. The van der Waals surface area contributed by atoms with Crippen LogP contribution in [0.15, 0.2) is 24.3 Å². The average Bonchev–Trinajstić information content (AvgIpc) is 2.39. The van der Waals surface area contributed by atoms with Gasteiger partial charge < -0.3 is 20.0 Å². The first-order valence-electron chi connectivity index (χ1n) is 5.60. The van der Waals surface area contributed by atoms with Gasteiger partial charge in [0.1, 0.15) is 5.75 Å². The van der Waals surface area contributed by atoms with E-state index in [0.717, 1.165) is 18.6 Å². The Morgan fingerprint density at radius 3 is 2.59 bits per heavy atom. The van der Waals surface area contributed by atoms with Crippen LogP contribution in [0.4, 0.5) is 5.69 Å². The van der Waals surface area contributed by atoms with E-state index >= 15 is 0 Å². The van der Waals surface area contributed by atoms with Crippen LogP contribution < -0.4 is 4.90 Å². The molecule has 2 N–H and O–H groups in total. The molecule has 0 radical (unpaired) electrons. The molecule has 1 saturated heterocycles. The maximum Gasteiger partial charge on any atom is 0.210 e. The molecule has 0 saturated carbocycles. The summed E-state index contributed by atoms with van der Waals surface area (Å²) < 4.78 is 0. The fourth-order valence-electron chi connectivity index (χ4n) is 2.07. The molecule has 0 aromatic heterocycles. The van der Waals surface area contributed by atoms with Gasteiger partial charge in [0.25, 0.3) is 0 Å². The fourth-order valence-corrected chi connectivity index (χ4v) is 2.07. The predicted octanol–water partition coefficient (Wildman–Crippen LogP) is 0.0315. The second-order valence-corrected chi connectivity index (χ2v) is 4.14. The van der Waals surface area contributed by atoms with Crippen molar-refractivity contribution in [3.63, 3.8) is 0 Å². The molecule has 17 heavy (non-hydrogen) atoms. The van der Waals surface area contributed by atoms with Crippen molar-refractivity contribution in [1.82, 2.24) is 4.90 Å². The van der Waals surface area contributed by atoms with Crippen LogP contribution in [-0.4, -0.2) is 53.8 Å². The van der Waals surface area contributed by atoms with Crippen molar-refractivity contribution in [2.45, 2.75) is 6.04 Å². The Balaban J connectivity index is 2.09. The molecule has 1 aromatic rings. The van der Waals surface area contributed by atoms with Crippen molar-refractivity contribution in [1.29, 1.82) is 0 Å². The minimum Gasteiger partial charge on any atom is -0.508 e. The maximum atomic E-state index is 10.8. The standard InChI is InChI=1S/C12H16N2O3/c15-8-11-7-13(5-6-14(11)9-16)10-1-3-12(17)4-2-10/h1-4,9,11,15,17H,5-8H2. The maximum absolute atomic E-state index is 10.8. The molecule has 0 bridgehead atoms. The van der Waals surface area contributed by atoms with Crippen molar-refractivity contribution in [2.75, 3.05) is 31.1 Å². The van der Waals surface area contributed by atoms with Crippen molar-refractivity contribution >= 4 is 12.1 Å². The number of aromatic hydroxyl groups is 1. The zero-order valence-electron chi connectivity index (χ0n) is 9.49. The number of nitrogens with zero attached hydrogens (tertiary/aromatic N) is 2. The average molecular weight is 236 g/mol. The highest BCUT2D eigenvalue weighted by molar-refractivity contribution is 5.53. The summed E-state index contributed by atoms with van der Waals surface area (Å²) in [6.07, 6.45) is 0.787. The molecule has 92 valence electrons. The van der Waals surface area contributed by atoms with Gasteiger partial charge in [0.2, 0.25) is 6.41 Å². The number of aliphatic hydroxyl groups is 1. The van der Waals surface area contributed by atoms with Crippen LogP contribution in [-0.2, 0) is 4.79 Å². The first-order valence-corrected chi connectivity index (χ1v) is 5.60. The Morgan fingerprint density at radius 2 is 2.00 bits per heavy atom. The van der Waals surface area contributed by atoms with Gasteiger partial charge in [0, 0.05) is 25.3 Å². The Morgan fingerprint density at radius 1 is 1.29 bits per heavy atom. The van der Waals surface area contributed by atoms with E-state index in [1.54, 1.807) is 17.0 Å². The SMILES string of the molecule is O=CN1CCN(c2ccc(O)cc2)CC1CO. The summed E-state index contributed by atoms with van der Waals surface area (Å²) in [5, 5.41) is 18.5. The number of benzene rings is 1. The van der Waals surface area contributed by atoms with E-state index in [1.807, 2.05) is 12.1 Å². The van der Waals surface area contributed by atoms with Gasteiger partial charge in [-0.25, -0.2) is 0 Å². The Kier molecular flexibility index (Phi) is 3.49. The number of amides is 1. The van der Waals surface area contributed by atoms with Crippen molar-refractivity contribution in [2.24, 2.45) is 0 Å². The normalized spacial score (nSPS) is 20.4. The van der Waals surface area contributed by atoms with E-state index in [2.05, 4.69) is 4.90 Å². The van der Waals surface area contributed by atoms with Crippen LogP contribution in [0.1, 0.15) is 0 Å². The van der Waals surface area contributed by atoms with Crippen LogP contribution in [0.3, 0.4) is 0 Å². The van der Waals surface area contributed by atoms with E-state index in [1.165, 1.54) is 0 Å². The van der Waals surface area contributed by atoms with Gasteiger partial charge in [-0.3, -0.25) is 4.79 Å². The van der Waals surface area contributed by atoms with Crippen LogP contribution in [0.5, 0.6) is 5.75 Å². The van der Waals surface area contributed by atoms with Gasteiger partial charge in [-0.15, -0.1) is 0 Å². The molecule has 1 amide bonds. The van der Waals surface area contributed by atoms with Crippen molar-refractivity contribution < 1.29 is 15.0 Å². The van der Waals surface area contributed by atoms with Crippen LogP contribution in [0.2, 0.25) is 0 Å². The molecule has 2 rings (SSSR count). The van der Waals surface area contributed by atoms with Gasteiger partial charge in [0.15, 0.2) is 0 Å². The first-order chi connectivity index (χ1) is 8.24. The molecular formula is C12H16N2O3. The van der Waals surface area contributed by atoms with Crippen LogP contribution in [0, 0.1) is 0 Å². The number of aliphatic hydroxyl groups excluding tert-OH is 1. The Hall–Kier alpha value is -1.75. The van der Waals surface area contributed by atoms with Crippen molar-refractivity contribution in [3.8, 4) is 5.75 Å². The number of anilines is 1. The van der Waals surface area contributed by atoms with Crippen LogP contribution in [0.25, 0.3) is 0 Å². The molecule has 1 atom stereocenters. The number of phenolic OH excluding ortho intramolecular Hbond substituents is 1. The lowest BCUT2D eigenvalue weighted by atomic mass is 10.1. The first kappa shape index (κ1) is 11.7. The fraction of sp³-hybridized carbons (Fsp3) is 0.417. The van der Waals surface area contributed by atoms with Gasteiger partial charge in [-0.2, -0.15) is 0 Å². The number of carbonyl (C=O) groups is 1. The molecular weight excluding hydrogens is 220 g/mol. The summed E-state index contributed by atoms with van der Waals surface area (Å²) in [5.41, 5.74) is 0.992. The molecule has 1 aromatic carbocycles. The molecule has 1 fully saturated rings. The summed E-state index contributed by atoms with van der Waals surface area (Å²) in [5.74, 6) is 0.235. The molecule has 0 spiro atoms. The number of hydrogen-bond donors (Lipinski definition) is 2. The number of carbonyl (C=O) groups excluding carboxylic acids is 1. The lowest BCUT2D eigenvalue weighted by Gasteiger charge is -2.39. The third-order valence-corrected chi connectivity index (χ3v) is 3.09. The van der Waals surface area contributed by atoms with E-state index in [9.17, 15) is 15.0 Å². The zero-order valence-corrected chi connectivity index (χ0v) is 9.49. The summed E-state index contributed by atoms with van der Waals surface area (Å²) in [6, 6.07) is 6.78. The summed E-state index contributed by atoms with van der Waals surface area (Å²) in [6.45, 7) is 1.92. The minimum absolute atomic E-state index is 0.0344. The van der Waals surface area contributed by atoms with Gasteiger partial charge in [-0.1, -0.05) is 0 Å². The second kappa shape index (κ2) is 5.05. The quantitative estimate of drug-likeness (QED) is 0.727. The topological polar surface area (TPSA) is 64.0 Å². The van der Waals surface area contributed by atoms with Gasteiger partial charge in [0.05, 0.1) is 12.6 Å². The minimum atomic E-state index is -0.157. The Bertz CT molecular complexity index is 380. The lowest BCUT2D eigenvalue weighted by molar-refractivity contribution is -0.121. The smallest absolute Gasteiger partial charge is 0.210 e. The number of hydrogen-bond acceptors (Lipinski definition) is 4. The van der Waals surface area contributed by atoms with E-state index in [4.69, 9.17) is 0 Å². The third kappa shape index (κ3) is 2.50. The highest BCUT2D eigenvalue weighted by atomic mass is 16.3. The lowest BCUT2D eigenvalue weighted by Crippen LogP contribution is -2.54. The number of piperazine rings is 1. The van der Waals surface area contributed by atoms with Gasteiger partial charge >= 0.3 is 0 Å². The molecule has 5 nitrogen and oxygen atoms in total. The number of rotatable bonds is 3. The largest absolute Gasteiger partial charge is 0.508 e. The van der Waals surface area contributed by atoms with Crippen molar-refractivity contribution in [3.05, 3.63) is 24.3 Å². The zero-order chi connectivity index (χ0) is 12.3. The second-order valence-electron chi connectivity index (χ2n) is 4.14. The molecule has 1 heterocycles. The number of phenols is 1. The monoisotopic (exact) mass is 236 g/mol. The summed E-state index contributed by atoms with van der Waals surface area (Å²) >= 11 is 0. The summed E-state index contributed by atoms with van der Waals surface area (Å²) in [4.78, 5) is 14.5. The molecule has 1 aliphatic rings. The predicted molar refractivity (Wildman–Crippen MR) is 64.0 cm³/mol. The highest BCUT2D eigenvalue weighted by Crippen LogP contribution is 2.21. The molecule has 1 unspecified atom stereocenters. The molecule has 5 heteroatoms. The van der Waals surface area contributed by atoms with Gasteiger partial charge in [-0.05, 0) is 24.3 Å². The van der Waals surface area contributed by atoms with Crippen LogP contribution >= 0.6 is 0 Å². The molecule has 0 aliphatic carbocycles. The Labute approximate surface area is 99.9 Å².